The van der Waals surface area contributed by atoms with Gasteiger partial charge in [0, 0.05) is 16.1 Å². The Kier molecular flexibility index (Phi) is 4.34. The van der Waals surface area contributed by atoms with Gasteiger partial charge in [0.15, 0.2) is 0 Å². The first-order chi connectivity index (χ1) is 8.97. The zero-order valence-electron chi connectivity index (χ0n) is 9.45. The number of nitrogens with one attached hydrogen (secondary N) is 1. The first-order valence-electron chi connectivity index (χ1n) is 5.22. The lowest BCUT2D eigenvalue weighted by atomic mass is 10.2. The first kappa shape index (κ1) is 14.2. The van der Waals surface area contributed by atoms with Crippen molar-refractivity contribution in [1.82, 2.24) is 0 Å². The van der Waals surface area contributed by atoms with Crippen LogP contribution in [0.25, 0.3) is 0 Å². The van der Waals surface area contributed by atoms with Gasteiger partial charge in [-0.15, -0.1) is 12.6 Å². The Morgan fingerprint density at radius 1 is 1.11 bits per heavy atom. The summed E-state index contributed by atoms with van der Waals surface area (Å²) in [5, 5.41) is 3.38. The van der Waals surface area contributed by atoms with Crippen molar-refractivity contribution in [3.05, 3.63) is 57.8 Å². The number of carbonyl (C=O) groups is 1. The second-order valence-corrected chi connectivity index (χ2v) is 5.05. The third-order valence-corrected chi connectivity index (χ3v) is 3.47. The summed E-state index contributed by atoms with van der Waals surface area (Å²) in [6.45, 7) is 0. The smallest absolute Gasteiger partial charge is 0.255 e. The molecule has 6 heteroatoms. The van der Waals surface area contributed by atoms with Crippen LogP contribution in [0.3, 0.4) is 0 Å². The Labute approximate surface area is 124 Å². The number of rotatable bonds is 2. The van der Waals surface area contributed by atoms with Gasteiger partial charge in [0.25, 0.3) is 5.91 Å². The molecule has 2 aromatic rings. The maximum absolute atomic E-state index is 13.0. The summed E-state index contributed by atoms with van der Waals surface area (Å²) in [6.07, 6.45) is 0. The third kappa shape index (κ3) is 3.41. The molecule has 0 heterocycles. The van der Waals surface area contributed by atoms with Crippen LogP contribution < -0.4 is 5.32 Å². The average molecular weight is 316 g/mol. The maximum atomic E-state index is 13.0. The number of hydrogen-bond acceptors (Lipinski definition) is 2. The molecule has 2 rings (SSSR count). The van der Waals surface area contributed by atoms with E-state index in [1.54, 1.807) is 12.1 Å². The van der Waals surface area contributed by atoms with Gasteiger partial charge in [0.2, 0.25) is 0 Å². The Balaban J connectivity index is 2.20. The quantitative estimate of drug-likeness (QED) is 0.774. The van der Waals surface area contributed by atoms with Crippen molar-refractivity contribution in [2.45, 2.75) is 4.90 Å². The third-order valence-electron chi connectivity index (χ3n) is 2.39. The molecule has 0 radical (unpaired) electrons. The monoisotopic (exact) mass is 315 g/mol. The Hall–Kier alpha value is -1.23. The lowest BCUT2D eigenvalue weighted by Gasteiger charge is -2.07. The minimum absolute atomic E-state index is 0.113. The first-order valence-corrected chi connectivity index (χ1v) is 6.42. The van der Waals surface area contributed by atoms with E-state index in [0.717, 1.165) is 0 Å². The fourth-order valence-corrected chi connectivity index (χ4v) is 1.94. The molecule has 0 atom stereocenters. The Bertz CT molecular complexity index is 649. The van der Waals surface area contributed by atoms with Gasteiger partial charge in [-0.05, 0) is 36.4 Å². The zero-order valence-corrected chi connectivity index (χ0v) is 11.9. The number of thiol groups is 1. The molecule has 1 N–H and O–H groups in total. The topological polar surface area (TPSA) is 29.1 Å². The van der Waals surface area contributed by atoms with E-state index in [1.165, 1.54) is 24.3 Å². The molecular formula is C13H8Cl2FNOS. The molecule has 0 aliphatic heterocycles. The molecule has 0 fully saturated rings. The summed E-state index contributed by atoms with van der Waals surface area (Å²) in [5.41, 5.74) is 0.807. The molecule has 1 amide bonds. The summed E-state index contributed by atoms with van der Waals surface area (Å²) in [7, 11) is 0. The lowest BCUT2D eigenvalue weighted by molar-refractivity contribution is 0.102. The van der Waals surface area contributed by atoms with Gasteiger partial charge in [-0.25, -0.2) is 4.39 Å². The van der Waals surface area contributed by atoms with Crippen LogP contribution >= 0.6 is 35.8 Å². The van der Waals surface area contributed by atoms with Gasteiger partial charge < -0.3 is 5.32 Å². The summed E-state index contributed by atoms with van der Waals surface area (Å²) in [4.78, 5) is 12.0. The fraction of sp³-hybridized carbons (Fsp3) is 0. The van der Waals surface area contributed by atoms with Crippen LogP contribution in [0.1, 0.15) is 10.4 Å². The molecule has 0 spiro atoms. The molecule has 0 aromatic heterocycles. The van der Waals surface area contributed by atoms with Crippen LogP contribution in [0.2, 0.25) is 10.0 Å². The Morgan fingerprint density at radius 3 is 2.47 bits per heavy atom. The normalized spacial score (nSPS) is 10.3. The zero-order chi connectivity index (χ0) is 14.0. The van der Waals surface area contributed by atoms with E-state index in [4.69, 9.17) is 23.2 Å². The van der Waals surface area contributed by atoms with Crippen LogP contribution in [-0.4, -0.2) is 5.91 Å². The van der Waals surface area contributed by atoms with E-state index in [1.807, 2.05) is 0 Å². The minimum Gasteiger partial charge on any atom is -0.322 e. The molecule has 0 aliphatic rings. The fourth-order valence-electron chi connectivity index (χ4n) is 1.43. The van der Waals surface area contributed by atoms with Gasteiger partial charge in [0.05, 0.1) is 10.0 Å². The molecular weight excluding hydrogens is 308 g/mol. The van der Waals surface area contributed by atoms with Crippen molar-refractivity contribution in [3.63, 3.8) is 0 Å². The highest BCUT2D eigenvalue weighted by molar-refractivity contribution is 7.80. The van der Waals surface area contributed by atoms with Gasteiger partial charge in [0.1, 0.15) is 5.82 Å². The van der Waals surface area contributed by atoms with Crippen molar-refractivity contribution in [1.29, 1.82) is 0 Å². The van der Waals surface area contributed by atoms with E-state index < -0.39 is 5.82 Å². The molecule has 0 saturated heterocycles. The van der Waals surface area contributed by atoms with Crippen molar-refractivity contribution in [2.24, 2.45) is 0 Å². The van der Waals surface area contributed by atoms with Crippen molar-refractivity contribution in [2.75, 3.05) is 5.32 Å². The number of carbonyl (C=O) groups excluding carboxylic acids is 1. The van der Waals surface area contributed by atoms with Gasteiger partial charge in [-0.3, -0.25) is 4.79 Å². The number of hydrogen-bond donors (Lipinski definition) is 2. The second-order valence-electron chi connectivity index (χ2n) is 3.75. The minimum atomic E-state index is -0.477. The molecule has 19 heavy (non-hydrogen) atoms. The number of halogens is 3. The van der Waals surface area contributed by atoms with Crippen LogP contribution in [-0.2, 0) is 0 Å². The van der Waals surface area contributed by atoms with Crippen LogP contribution in [0, 0.1) is 5.82 Å². The average Bonchev–Trinajstić information content (AvgIpc) is 2.37. The largest absolute Gasteiger partial charge is 0.322 e. The van der Waals surface area contributed by atoms with Crippen molar-refractivity contribution in [3.8, 4) is 0 Å². The van der Waals surface area contributed by atoms with Crippen molar-refractivity contribution >= 4 is 47.4 Å². The molecule has 0 unspecified atom stereocenters. The molecule has 0 saturated carbocycles. The van der Waals surface area contributed by atoms with Crippen LogP contribution in [0.5, 0.6) is 0 Å². The van der Waals surface area contributed by atoms with E-state index in [2.05, 4.69) is 17.9 Å². The lowest BCUT2D eigenvalue weighted by Crippen LogP contribution is -2.12. The molecule has 2 nitrogen and oxygen atoms in total. The molecule has 0 bridgehead atoms. The van der Waals surface area contributed by atoms with Gasteiger partial charge >= 0.3 is 0 Å². The highest BCUT2D eigenvalue weighted by atomic mass is 35.5. The summed E-state index contributed by atoms with van der Waals surface area (Å²) < 4.78 is 13.0. The molecule has 2 aromatic carbocycles. The summed E-state index contributed by atoms with van der Waals surface area (Å²) in [5.74, 6) is -0.858. The summed E-state index contributed by atoms with van der Waals surface area (Å²) in [6, 6.07) is 8.65. The SMILES string of the molecule is O=C(Nc1ccc(Cl)c(Cl)c1)c1ccc(F)c(S)c1. The van der Waals surface area contributed by atoms with Gasteiger partial charge in [-0.1, -0.05) is 23.2 Å². The number of benzene rings is 2. The van der Waals surface area contributed by atoms with E-state index in [0.29, 0.717) is 21.3 Å². The maximum Gasteiger partial charge on any atom is 0.255 e. The number of anilines is 1. The summed E-state index contributed by atoms with van der Waals surface area (Å²) >= 11 is 15.5. The molecule has 98 valence electrons. The molecule has 0 aliphatic carbocycles. The standard InChI is InChI=1S/C13H8Cl2FNOS/c14-9-3-2-8(6-10(9)15)17-13(18)7-1-4-11(16)12(19)5-7/h1-6,19H,(H,17,18). The highest BCUT2D eigenvalue weighted by Crippen LogP contribution is 2.25. The Morgan fingerprint density at radius 2 is 1.84 bits per heavy atom. The van der Waals surface area contributed by atoms with Crippen LogP contribution in [0.4, 0.5) is 10.1 Å². The predicted molar refractivity (Wildman–Crippen MR) is 78.1 cm³/mol. The van der Waals surface area contributed by atoms with E-state index in [9.17, 15) is 9.18 Å². The van der Waals surface area contributed by atoms with Crippen molar-refractivity contribution < 1.29 is 9.18 Å². The second kappa shape index (κ2) is 5.82. The van der Waals surface area contributed by atoms with E-state index >= 15 is 0 Å². The van der Waals surface area contributed by atoms with Crippen LogP contribution in [0.15, 0.2) is 41.3 Å². The number of amides is 1. The van der Waals surface area contributed by atoms with Gasteiger partial charge in [-0.2, -0.15) is 0 Å². The van der Waals surface area contributed by atoms with E-state index in [-0.39, 0.29) is 10.8 Å². The predicted octanol–water partition coefficient (Wildman–Crippen LogP) is 4.67. The highest BCUT2D eigenvalue weighted by Gasteiger charge is 2.09.